The van der Waals surface area contributed by atoms with Gasteiger partial charge in [-0.25, -0.2) is 0 Å². The van der Waals surface area contributed by atoms with Crippen LogP contribution in [0.1, 0.15) is 56.0 Å². The van der Waals surface area contributed by atoms with Crippen molar-refractivity contribution >= 4 is 17.8 Å². The molecule has 1 aromatic rings. The normalized spacial score (nSPS) is 17.3. The van der Waals surface area contributed by atoms with Crippen molar-refractivity contribution in [3.05, 3.63) is 35.4 Å². The van der Waals surface area contributed by atoms with Gasteiger partial charge < -0.3 is 19.6 Å². The fourth-order valence-corrected chi connectivity index (χ4v) is 3.43. The Labute approximate surface area is 166 Å². The third-order valence-electron chi connectivity index (χ3n) is 4.92. The Morgan fingerprint density at radius 1 is 1.18 bits per heavy atom. The van der Waals surface area contributed by atoms with Crippen LogP contribution in [0.15, 0.2) is 24.3 Å². The van der Waals surface area contributed by atoms with Crippen LogP contribution in [0.4, 0.5) is 0 Å². The SMILES string of the molecule is CC(=O)N(CC(=O)O)C1CCCN(C(=O)c2ccc(COC(C)C)cc2)CC1. The van der Waals surface area contributed by atoms with E-state index in [1.807, 2.05) is 38.1 Å². The summed E-state index contributed by atoms with van der Waals surface area (Å²) in [5.74, 6) is -1.30. The van der Waals surface area contributed by atoms with Crippen LogP contribution in [0.2, 0.25) is 0 Å². The molecule has 1 N–H and O–H groups in total. The maximum atomic E-state index is 12.8. The number of aliphatic carboxylic acids is 1. The Kier molecular flexibility index (Phi) is 7.99. The van der Waals surface area contributed by atoms with E-state index in [1.165, 1.54) is 11.8 Å². The highest BCUT2D eigenvalue weighted by Crippen LogP contribution is 2.19. The summed E-state index contributed by atoms with van der Waals surface area (Å²) >= 11 is 0. The Morgan fingerprint density at radius 2 is 1.86 bits per heavy atom. The minimum Gasteiger partial charge on any atom is -0.480 e. The lowest BCUT2D eigenvalue weighted by molar-refractivity contribution is -0.145. The molecule has 1 heterocycles. The van der Waals surface area contributed by atoms with Crippen LogP contribution in [-0.2, 0) is 20.9 Å². The fraction of sp³-hybridized carbons (Fsp3) is 0.571. The van der Waals surface area contributed by atoms with Crippen molar-refractivity contribution in [2.24, 2.45) is 0 Å². The number of carbonyl (C=O) groups is 3. The number of benzene rings is 1. The summed E-state index contributed by atoms with van der Waals surface area (Å²) in [6.07, 6.45) is 2.17. The first-order valence-electron chi connectivity index (χ1n) is 9.76. The van der Waals surface area contributed by atoms with Gasteiger partial charge in [-0.3, -0.25) is 14.4 Å². The molecule has 0 bridgehead atoms. The molecule has 1 aliphatic rings. The van der Waals surface area contributed by atoms with E-state index in [1.54, 1.807) is 4.90 Å². The maximum absolute atomic E-state index is 12.8. The second-order valence-corrected chi connectivity index (χ2v) is 7.47. The molecule has 0 radical (unpaired) electrons. The number of likely N-dealkylation sites (tertiary alicyclic amines) is 1. The van der Waals surface area contributed by atoms with Gasteiger partial charge in [0, 0.05) is 31.6 Å². The van der Waals surface area contributed by atoms with Crippen LogP contribution in [0, 0.1) is 0 Å². The fourth-order valence-electron chi connectivity index (χ4n) is 3.43. The zero-order valence-electron chi connectivity index (χ0n) is 16.9. The molecule has 0 saturated carbocycles. The van der Waals surface area contributed by atoms with Crippen LogP contribution < -0.4 is 0 Å². The summed E-state index contributed by atoms with van der Waals surface area (Å²) < 4.78 is 5.57. The molecule has 2 amide bonds. The van der Waals surface area contributed by atoms with Crippen molar-refractivity contribution in [1.82, 2.24) is 9.80 Å². The Balaban J connectivity index is 1.98. The Hall–Kier alpha value is -2.41. The van der Waals surface area contributed by atoms with E-state index >= 15 is 0 Å². The molecule has 154 valence electrons. The summed E-state index contributed by atoms with van der Waals surface area (Å²) in [4.78, 5) is 38.9. The van der Waals surface area contributed by atoms with Crippen molar-refractivity contribution in [1.29, 1.82) is 0 Å². The summed E-state index contributed by atoms with van der Waals surface area (Å²) in [6, 6.07) is 7.29. The van der Waals surface area contributed by atoms with Crippen molar-refractivity contribution in [2.75, 3.05) is 19.6 Å². The van der Waals surface area contributed by atoms with Crippen molar-refractivity contribution in [3.8, 4) is 0 Å². The second-order valence-electron chi connectivity index (χ2n) is 7.47. The molecule has 28 heavy (non-hydrogen) atoms. The topological polar surface area (TPSA) is 87.2 Å². The number of ether oxygens (including phenoxy) is 1. The van der Waals surface area contributed by atoms with Gasteiger partial charge in [-0.2, -0.15) is 0 Å². The predicted octanol–water partition coefficient (Wildman–Crippen LogP) is 2.54. The smallest absolute Gasteiger partial charge is 0.323 e. The largest absolute Gasteiger partial charge is 0.480 e. The van der Waals surface area contributed by atoms with Crippen molar-refractivity contribution in [2.45, 2.75) is 58.8 Å². The van der Waals surface area contributed by atoms with Gasteiger partial charge in [0.1, 0.15) is 6.54 Å². The molecule has 1 saturated heterocycles. The third kappa shape index (κ3) is 6.34. The lowest BCUT2D eigenvalue weighted by atomic mass is 10.1. The van der Waals surface area contributed by atoms with Crippen molar-refractivity contribution < 1.29 is 24.2 Å². The third-order valence-corrected chi connectivity index (χ3v) is 4.92. The van der Waals surface area contributed by atoms with Crippen LogP contribution in [0.25, 0.3) is 0 Å². The van der Waals surface area contributed by atoms with E-state index in [2.05, 4.69) is 0 Å². The average molecular weight is 390 g/mol. The highest BCUT2D eigenvalue weighted by molar-refractivity contribution is 5.94. The van der Waals surface area contributed by atoms with Crippen LogP contribution in [0.5, 0.6) is 0 Å². The van der Waals surface area contributed by atoms with Gasteiger partial charge in [0.05, 0.1) is 12.7 Å². The van der Waals surface area contributed by atoms with Gasteiger partial charge in [-0.1, -0.05) is 12.1 Å². The number of amides is 2. The minimum atomic E-state index is -1.02. The van der Waals surface area contributed by atoms with E-state index in [4.69, 9.17) is 9.84 Å². The highest BCUT2D eigenvalue weighted by Gasteiger charge is 2.27. The molecule has 7 heteroatoms. The van der Waals surface area contributed by atoms with E-state index in [-0.39, 0.29) is 30.5 Å². The molecule has 1 fully saturated rings. The zero-order chi connectivity index (χ0) is 20.7. The molecule has 2 rings (SSSR count). The molecule has 1 aromatic carbocycles. The molecule has 0 spiro atoms. The first-order chi connectivity index (χ1) is 13.3. The second kappa shape index (κ2) is 10.2. The molecule has 1 atom stereocenters. The molecular formula is C21H30N2O5. The predicted molar refractivity (Wildman–Crippen MR) is 105 cm³/mol. The van der Waals surface area contributed by atoms with Gasteiger partial charge in [0.25, 0.3) is 5.91 Å². The molecule has 1 unspecified atom stereocenters. The number of hydrogen-bond donors (Lipinski definition) is 1. The van der Waals surface area contributed by atoms with E-state index in [0.717, 1.165) is 12.0 Å². The first-order valence-corrected chi connectivity index (χ1v) is 9.76. The number of rotatable bonds is 7. The van der Waals surface area contributed by atoms with Crippen LogP contribution in [0.3, 0.4) is 0 Å². The number of hydrogen-bond acceptors (Lipinski definition) is 4. The Bertz CT molecular complexity index is 687. The van der Waals surface area contributed by atoms with Crippen LogP contribution in [-0.4, -0.2) is 64.5 Å². The lowest BCUT2D eigenvalue weighted by Crippen LogP contribution is -2.43. The number of carbonyl (C=O) groups excluding carboxylic acids is 2. The number of carboxylic acids is 1. The minimum absolute atomic E-state index is 0.0374. The quantitative estimate of drug-likeness (QED) is 0.773. The van der Waals surface area contributed by atoms with Gasteiger partial charge >= 0.3 is 5.97 Å². The maximum Gasteiger partial charge on any atom is 0.323 e. The lowest BCUT2D eigenvalue weighted by Gasteiger charge is -2.28. The molecular weight excluding hydrogens is 360 g/mol. The first kappa shape index (κ1) is 21.9. The average Bonchev–Trinajstić information content (AvgIpc) is 2.90. The van der Waals surface area contributed by atoms with Gasteiger partial charge in [0.2, 0.25) is 5.91 Å². The highest BCUT2D eigenvalue weighted by atomic mass is 16.5. The van der Waals surface area contributed by atoms with Gasteiger partial charge in [-0.05, 0) is 50.8 Å². The molecule has 7 nitrogen and oxygen atoms in total. The molecule has 0 aliphatic carbocycles. The van der Waals surface area contributed by atoms with Crippen molar-refractivity contribution in [3.63, 3.8) is 0 Å². The number of nitrogens with zero attached hydrogens (tertiary/aromatic N) is 2. The van der Waals surface area contributed by atoms with Gasteiger partial charge in [-0.15, -0.1) is 0 Å². The van der Waals surface area contributed by atoms with Gasteiger partial charge in [0.15, 0.2) is 0 Å². The zero-order valence-corrected chi connectivity index (χ0v) is 16.9. The summed E-state index contributed by atoms with van der Waals surface area (Å²) in [5.41, 5.74) is 1.65. The monoisotopic (exact) mass is 390 g/mol. The number of carboxylic acid groups (broad SMARTS) is 1. The summed E-state index contributed by atoms with van der Waals surface area (Å²) in [6.45, 7) is 6.68. The Morgan fingerprint density at radius 3 is 2.43 bits per heavy atom. The van der Waals surface area contributed by atoms with E-state index < -0.39 is 5.97 Å². The summed E-state index contributed by atoms with van der Waals surface area (Å²) in [5, 5.41) is 9.05. The van der Waals surface area contributed by atoms with E-state index in [9.17, 15) is 14.4 Å². The van der Waals surface area contributed by atoms with Crippen LogP contribution >= 0.6 is 0 Å². The summed E-state index contributed by atoms with van der Waals surface area (Å²) in [7, 11) is 0. The molecule has 1 aliphatic heterocycles. The molecule has 0 aromatic heterocycles. The standard InChI is InChI=1S/C21H30N2O5/c1-15(2)28-14-17-6-8-18(9-7-17)21(27)22-11-4-5-19(10-12-22)23(16(3)24)13-20(25)26/h6-9,15,19H,4-5,10-14H2,1-3H3,(H,25,26). The van der Waals surface area contributed by atoms with E-state index in [0.29, 0.717) is 38.1 Å².